The number of amides is 1. The van der Waals surface area contributed by atoms with E-state index in [9.17, 15) is 17.6 Å². The minimum atomic E-state index is -3.66. The third-order valence-corrected chi connectivity index (χ3v) is 6.89. The van der Waals surface area contributed by atoms with Crippen LogP contribution < -0.4 is 5.32 Å². The maximum absolute atomic E-state index is 13.9. The maximum Gasteiger partial charge on any atom is 0.256 e. The molecular formula is C17H15BrClFN2O3S. The fourth-order valence-electron chi connectivity index (χ4n) is 2.70. The lowest BCUT2D eigenvalue weighted by Crippen LogP contribution is -2.28. The second-order valence-electron chi connectivity index (χ2n) is 5.83. The predicted molar refractivity (Wildman–Crippen MR) is 101 cm³/mol. The number of halogens is 3. The zero-order valence-corrected chi connectivity index (χ0v) is 16.7. The lowest BCUT2D eigenvalue weighted by molar-refractivity contribution is 0.102. The monoisotopic (exact) mass is 460 g/mol. The van der Waals surface area contributed by atoms with Gasteiger partial charge in [0.2, 0.25) is 10.0 Å². The van der Waals surface area contributed by atoms with E-state index in [-0.39, 0.29) is 21.2 Å². The zero-order valence-electron chi connectivity index (χ0n) is 13.5. The molecule has 2 aromatic rings. The van der Waals surface area contributed by atoms with E-state index in [1.165, 1.54) is 34.6 Å². The average molecular weight is 462 g/mol. The Bertz CT molecular complexity index is 962. The number of nitrogens with one attached hydrogen (secondary N) is 1. The number of hydrogen-bond donors (Lipinski definition) is 1. The van der Waals surface area contributed by atoms with Crippen molar-refractivity contribution in [3.05, 3.63) is 57.3 Å². The van der Waals surface area contributed by atoms with Crippen LogP contribution in [0.3, 0.4) is 0 Å². The summed E-state index contributed by atoms with van der Waals surface area (Å²) in [5.74, 6) is -1.31. The molecule has 5 nitrogen and oxygen atoms in total. The molecule has 9 heteroatoms. The first-order valence-electron chi connectivity index (χ1n) is 7.85. The van der Waals surface area contributed by atoms with E-state index in [1.54, 1.807) is 0 Å². The molecule has 26 heavy (non-hydrogen) atoms. The molecule has 0 radical (unpaired) electrons. The largest absolute Gasteiger partial charge is 0.319 e. The van der Waals surface area contributed by atoms with Gasteiger partial charge in [-0.25, -0.2) is 12.8 Å². The summed E-state index contributed by atoms with van der Waals surface area (Å²) in [6, 6.07) is 8.10. The summed E-state index contributed by atoms with van der Waals surface area (Å²) in [5.41, 5.74) is 0.0544. The molecule has 2 aromatic carbocycles. The summed E-state index contributed by atoms with van der Waals surface area (Å²) < 4.78 is 41.0. The SMILES string of the molecule is O=C(Nc1ccc(Cl)cc1F)c1cc(S(=O)(=O)N2CCCC2)ccc1Br. The highest BCUT2D eigenvalue weighted by Crippen LogP contribution is 2.27. The van der Waals surface area contributed by atoms with E-state index in [0.717, 1.165) is 18.9 Å². The molecule has 1 aliphatic rings. The van der Waals surface area contributed by atoms with Gasteiger partial charge in [0.25, 0.3) is 5.91 Å². The quantitative estimate of drug-likeness (QED) is 0.739. The van der Waals surface area contributed by atoms with Gasteiger partial charge in [-0.2, -0.15) is 4.31 Å². The summed E-state index contributed by atoms with van der Waals surface area (Å²) in [7, 11) is -3.66. The first-order chi connectivity index (χ1) is 12.3. The van der Waals surface area contributed by atoms with Crippen molar-refractivity contribution >= 4 is 49.1 Å². The van der Waals surface area contributed by atoms with E-state index < -0.39 is 21.7 Å². The Morgan fingerprint density at radius 2 is 1.85 bits per heavy atom. The van der Waals surface area contributed by atoms with Crippen LogP contribution in [-0.4, -0.2) is 31.7 Å². The van der Waals surface area contributed by atoms with E-state index in [2.05, 4.69) is 21.2 Å². The highest BCUT2D eigenvalue weighted by atomic mass is 79.9. The molecular weight excluding hydrogens is 447 g/mol. The lowest BCUT2D eigenvalue weighted by atomic mass is 10.2. The standard InChI is InChI=1S/C17H15BrClFN2O3S/c18-14-5-4-12(26(24,25)22-7-1-2-8-22)10-13(14)17(23)21-16-6-3-11(19)9-15(16)20/h3-6,9-10H,1-2,7-8H2,(H,21,23). The summed E-state index contributed by atoms with van der Waals surface area (Å²) in [4.78, 5) is 12.6. The van der Waals surface area contributed by atoms with Crippen molar-refractivity contribution in [1.29, 1.82) is 0 Å². The van der Waals surface area contributed by atoms with Crippen LogP contribution in [0.1, 0.15) is 23.2 Å². The van der Waals surface area contributed by atoms with Gasteiger partial charge in [-0.3, -0.25) is 4.79 Å². The van der Waals surface area contributed by atoms with Crippen molar-refractivity contribution < 1.29 is 17.6 Å². The number of carbonyl (C=O) groups excluding carboxylic acids is 1. The van der Waals surface area contributed by atoms with E-state index in [1.807, 2.05) is 0 Å². The molecule has 0 atom stereocenters. The van der Waals surface area contributed by atoms with Crippen molar-refractivity contribution in [2.75, 3.05) is 18.4 Å². The highest BCUT2D eigenvalue weighted by Gasteiger charge is 2.28. The van der Waals surface area contributed by atoms with Crippen LogP contribution in [0.25, 0.3) is 0 Å². The Morgan fingerprint density at radius 1 is 1.15 bits per heavy atom. The van der Waals surface area contributed by atoms with Gasteiger partial charge in [0.1, 0.15) is 5.82 Å². The fourth-order valence-corrected chi connectivity index (χ4v) is 4.83. The summed E-state index contributed by atoms with van der Waals surface area (Å²) in [6.07, 6.45) is 1.64. The molecule has 0 aromatic heterocycles. The zero-order chi connectivity index (χ0) is 18.9. The van der Waals surface area contributed by atoms with Gasteiger partial charge in [0.05, 0.1) is 16.1 Å². The highest BCUT2D eigenvalue weighted by molar-refractivity contribution is 9.10. The molecule has 0 unspecified atom stereocenters. The van der Waals surface area contributed by atoms with Gasteiger partial charge in [0, 0.05) is 22.6 Å². The van der Waals surface area contributed by atoms with Crippen molar-refractivity contribution in [1.82, 2.24) is 4.31 Å². The Kier molecular flexibility index (Phi) is 5.67. The molecule has 1 aliphatic heterocycles. The molecule has 3 rings (SSSR count). The molecule has 0 saturated carbocycles. The van der Waals surface area contributed by atoms with Crippen LogP contribution in [0.5, 0.6) is 0 Å². The van der Waals surface area contributed by atoms with Crippen molar-refractivity contribution in [3.8, 4) is 0 Å². The van der Waals surface area contributed by atoms with E-state index in [4.69, 9.17) is 11.6 Å². The van der Waals surface area contributed by atoms with Crippen molar-refractivity contribution in [3.63, 3.8) is 0 Å². The first-order valence-corrected chi connectivity index (χ1v) is 10.5. The van der Waals surface area contributed by atoms with Gasteiger partial charge >= 0.3 is 0 Å². The van der Waals surface area contributed by atoms with Gasteiger partial charge in [-0.1, -0.05) is 11.6 Å². The van der Waals surface area contributed by atoms with Crippen LogP contribution >= 0.6 is 27.5 Å². The molecule has 1 heterocycles. The van der Waals surface area contributed by atoms with Gasteiger partial charge < -0.3 is 5.32 Å². The van der Waals surface area contributed by atoms with E-state index in [0.29, 0.717) is 17.6 Å². The molecule has 0 bridgehead atoms. The first kappa shape index (κ1) is 19.3. The summed E-state index contributed by atoms with van der Waals surface area (Å²) >= 11 is 8.94. The average Bonchev–Trinajstić information content (AvgIpc) is 3.13. The molecule has 1 fully saturated rings. The van der Waals surface area contributed by atoms with Crippen LogP contribution in [0.2, 0.25) is 5.02 Å². The molecule has 1 amide bonds. The number of benzene rings is 2. The minimum absolute atomic E-state index is 0.0318. The number of nitrogens with zero attached hydrogens (tertiary/aromatic N) is 1. The van der Waals surface area contributed by atoms with Crippen molar-refractivity contribution in [2.45, 2.75) is 17.7 Å². The van der Waals surface area contributed by atoms with E-state index >= 15 is 0 Å². The smallest absolute Gasteiger partial charge is 0.256 e. The molecule has 0 spiro atoms. The number of hydrogen-bond acceptors (Lipinski definition) is 3. The Balaban J connectivity index is 1.91. The third kappa shape index (κ3) is 3.93. The summed E-state index contributed by atoms with van der Waals surface area (Å²) in [6.45, 7) is 0.936. The maximum atomic E-state index is 13.9. The van der Waals surface area contributed by atoms with Gasteiger partial charge in [-0.05, 0) is 65.2 Å². The molecule has 0 aliphatic carbocycles. The van der Waals surface area contributed by atoms with Crippen LogP contribution in [0.15, 0.2) is 45.8 Å². The fraction of sp³-hybridized carbons (Fsp3) is 0.235. The normalized spacial score (nSPS) is 15.2. The molecule has 1 saturated heterocycles. The van der Waals surface area contributed by atoms with Crippen molar-refractivity contribution in [2.24, 2.45) is 0 Å². The molecule has 1 N–H and O–H groups in total. The minimum Gasteiger partial charge on any atom is -0.319 e. The number of carbonyl (C=O) groups is 1. The summed E-state index contributed by atoms with van der Waals surface area (Å²) in [5, 5.41) is 2.64. The second-order valence-corrected chi connectivity index (χ2v) is 9.06. The molecule has 138 valence electrons. The van der Waals surface area contributed by atoms with Gasteiger partial charge in [0.15, 0.2) is 0 Å². The second kappa shape index (κ2) is 7.64. The third-order valence-electron chi connectivity index (χ3n) is 4.06. The predicted octanol–water partition coefficient (Wildman–Crippen LogP) is 4.28. The topological polar surface area (TPSA) is 66.5 Å². The van der Waals surface area contributed by atoms with Gasteiger partial charge in [-0.15, -0.1) is 0 Å². The number of sulfonamides is 1. The number of rotatable bonds is 4. The Morgan fingerprint density at radius 3 is 2.50 bits per heavy atom. The Hall–Kier alpha value is -1.48. The van der Waals surface area contributed by atoms with Crippen LogP contribution in [0.4, 0.5) is 10.1 Å². The lowest BCUT2D eigenvalue weighted by Gasteiger charge is -2.16. The van der Waals surface area contributed by atoms with Crippen LogP contribution in [0, 0.1) is 5.82 Å². The van der Waals surface area contributed by atoms with Crippen LogP contribution in [-0.2, 0) is 10.0 Å². The Labute approximate surface area is 164 Å². The number of anilines is 1.